The number of carbonyl (C=O) groups is 1. The molecule has 2 aromatic rings. The minimum atomic E-state index is -0.409. The summed E-state index contributed by atoms with van der Waals surface area (Å²) in [6, 6.07) is 14.8. The van der Waals surface area contributed by atoms with Crippen molar-refractivity contribution >= 4 is 5.91 Å². The molecule has 0 radical (unpaired) electrons. The van der Waals surface area contributed by atoms with E-state index in [4.69, 9.17) is 14.2 Å². The normalized spacial score (nSPS) is 21.3. The van der Waals surface area contributed by atoms with Gasteiger partial charge >= 0.3 is 0 Å². The summed E-state index contributed by atoms with van der Waals surface area (Å²) in [6.07, 6.45) is 6.38. The zero-order valence-electron chi connectivity index (χ0n) is 21.4. The lowest BCUT2D eigenvalue weighted by Crippen LogP contribution is -2.39. The molecule has 0 N–H and O–H groups in total. The second kappa shape index (κ2) is 13.1. The van der Waals surface area contributed by atoms with Crippen LogP contribution in [0, 0.1) is 5.82 Å². The number of rotatable bonds is 11. The third kappa shape index (κ3) is 7.43. The van der Waals surface area contributed by atoms with E-state index in [0.717, 1.165) is 77.0 Å². The molecule has 2 saturated heterocycles. The molecule has 2 aliphatic rings. The third-order valence-electron chi connectivity index (χ3n) is 7.34. The first-order chi connectivity index (χ1) is 17.6. The van der Waals surface area contributed by atoms with Crippen molar-refractivity contribution in [1.82, 2.24) is 9.80 Å². The molecule has 0 bridgehead atoms. The van der Waals surface area contributed by atoms with Gasteiger partial charge in [0, 0.05) is 39.7 Å². The molecule has 0 unspecified atom stereocenters. The first kappa shape index (κ1) is 26.4. The topological polar surface area (TPSA) is 51.2 Å². The number of benzene rings is 2. The van der Waals surface area contributed by atoms with Crippen LogP contribution in [0.25, 0.3) is 0 Å². The lowest BCUT2D eigenvalue weighted by atomic mass is 9.95. The second-order valence-corrected chi connectivity index (χ2v) is 9.92. The SMILES string of the molecule is CO[C@]1(COc2ccccc2F)CCCN(Cc2ccc(OCCCN3CCCCC3=O)cc2)CC1. The number of carbonyl (C=O) groups excluding carboxylic acids is 1. The smallest absolute Gasteiger partial charge is 0.222 e. The number of methoxy groups -OCH3 is 1. The maximum Gasteiger partial charge on any atom is 0.222 e. The van der Waals surface area contributed by atoms with E-state index in [-0.39, 0.29) is 17.5 Å². The van der Waals surface area contributed by atoms with Crippen LogP contribution in [0.1, 0.15) is 50.5 Å². The molecule has 7 heteroatoms. The van der Waals surface area contributed by atoms with E-state index in [9.17, 15) is 9.18 Å². The van der Waals surface area contributed by atoms with Crippen molar-refractivity contribution in [3.05, 3.63) is 59.9 Å². The molecular weight excluding hydrogens is 459 g/mol. The van der Waals surface area contributed by atoms with Gasteiger partial charge in [-0.2, -0.15) is 0 Å². The van der Waals surface area contributed by atoms with E-state index in [2.05, 4.69) is 17.0 Å². The zero-order valence-corrected chi connectivity index (χ0v) is 21.4. The van der Waals surface area contributed by atoms with E-state index in [1.54, 1.807) is 25.3 Å². The molecule has 0 spiro atoms. The van der Waals surface area contributed by atoms with Gasteiger partial charge < -0.3 is 19.1 Å². The quantitative estimate of drug-likeness (QED) is 0.406. The number of likely N-dealkylation sites (tertiary alicyclic amines) is 2. The Labute approximate surface area is 214 Å². The lowest BCUT2D eigenvalue weighted by molar-refractivity contribution is -0.133. The molecule has 2 aromatic carbocycles. The second-order valence-electron chi connectivity index (χ2n) is 9.92. The van der Waals surface area contributed by atoms with Crippen LogP contribution in [0.2, 0.25) is 0 Å². The van der Waals surface area contributed by atoms with Crippen molar-refractivity contribution in [3.8, 4) is 11.5 Å². The molecule has 4 rings (SSSR count). The predicted octanol–water partition coefficient (Wildman–Crippen LogP) is 5.06. The number of amides is 1. The monoisotopic (exact) mass is 498 g/mol. The highest BCUT2D eigenvalue weighted by atomic mass is 19.1. The summed E-state index contributed by atoms with van der Waals surface area (Å²) in [5.74, 6) is 1.07. The minimum Gasteiger partial charge on any atom is -0.494 e. The molecule has 2 heterocycles. The highest BCUT2D eigenvalue weighted by Crippen LogP contribution is 2.29. The largest absolute Gasteiger partial charge is 0.494 e. The fourth-order valence-corrected chi connectivity index (χ4v) is 5.05. The van der Waals surface area contributed by atoms with Crippen LogP contribution < -0.4 is 9.47 Å². The van der Waals surface area contributed by atoms with Crippen LogP contribution in [-0.4, -0.2) is 67.8 Å². The Morgan fingerprint density at radius 3 is 2.56 bits per heavy atom. The summed E-state index contributed by atoms with van der Waals surface area (Å²) in [5.41, 5.74) is 0.835. The minimum absolute atomic E-state index is 0.275. The maximum atomic E-state index is 14.0. The number of nitrogens with zero attached hydrogens (tertiary/aromatic N) is 2. The lowest BCUT2D eigenvalue weighted by Gasteiger charge is -2.31. The summed E-state index contributed by atoms with van der Waals surface area (Å²) in [4.78, 5) is 16.3. The predicted molar refractivity (Wildman–Crippen MR) is 138 cm³/mol. The third-order valence-corrected chi connectivity index (χ3v) is 7.34. The van der Waals surface area contributed by atoms with Crippen LogP contribution in [-0.2, 0) is 16.1 Å². The van der Waals surface area contributed by atoms with Crippen LogP contribution in [0.5, 0.6) is 11.5 Å². The summed E-state index contributed by atoms with van der Waals surface area (Å²) in [6.45, 7) is 5.36. The highest BCUT2D eigenvalue weighted by molar-refractivity contribution is 5.76. The van der Waals surface area contributed by atoms with E-state index in [1.807, 2.05) is 17.0 Å². The van der Waals surface area contributed by atoms with Gasteiger partial charge in [0.1, 0.15) is 18.0 Å². The standard InChI is InChI=1S/C29H39FN2O4/c1-34-29(23-36-27-9-3-2-8-26(27)30)15-6-17-31(20-16-29)22-24-11-13-25(14-12-24)35-21-7-19-32-18-5-4-10-28(32)33/h2-3,8-9,11-14H,4-7,10,15-23H2,1H3/t29-/m1/s1. The van der Waals surface area contributed by atoms with E-state index in [1.165, 1.54) is 11.6 Å². The van der Waals surface area contributed by atoms with Crippen LogP contribution in [0.15, 0.2) is 48.5 Å². The van der Waals surface area contributed by atoms with E-state index < -0.39 is 5.60 Å². The van der Waals surface area contributed by atoms with Gasteiger partial charge in [0.2, 0.25) is 5.91 Å². The summed E-state index contributed by atoms with van der Waals surface area (Å²) >= 11 is 0. The Morgan fingerprint density at radius 1 is 0.944 bits per heavy atom. The van der Waals surface area contributed by atoms with Crippen molar-refractivity contribution in [1.29, 1.82) is 0 Å². The summed E-state index contributed by atoms with van der Waals surface area (Å²) in [5, 5.41) is 0. The van der Waals surface area contributed by atoms with Gasteiger partial charge in [-0.25, -0.2) is 4.39 Å². The highest BCUT2D eigenvalue weighted by Gasteiger charge is 2.34. The summed E-state index contributed by atoms with van der Waals surface area (Å²) < 4.78 is 31.6. The Balaban J connectivity index is 1.20. The number of ether oxygens (including phenoxy) is 3. The maximum absolute atomic E-state index is 14.0. The average Bonchev–Trinajstić information content (AvgIpc) is 3.10. The van der Waals surface area contributed by atoms with Crippen molar-refractivity contribution in [2.75, 3.05) is 46.5 Å². The van der Waals surface area contributed by atoms with Gasteiger partial charge in [-0.3, -0.25) is 9.69 Å². The summed E-state index contributed by atoms with van der Waals surface area (Å²) in [7, 11) is 1.73. The van der Waals surface area contributed by atoms with Crippen LogP contribution in [0.3, 0.4) is 0 Å². The Morgan fingerprint density at radius 2 is 1.78 bits per heavy atom. The molecule has 36 heavy (non-hydrogen) atoms. The van der Waals surface area contributed by atoms with Gasteiger partial charge in [0.05, 0.1) is 6.61 Å². The van der Waals surface area contributed by atoms with Gasteiger partial charge in [0.15, 0.2) is 11.6 Å². The molecule has 1 amide bonds. The average molecular weight is 499 g/mol. The van der Waals surface area contributed by atoms with Crippen LogP contribution >= 0.6 is 0 Å². The number of halogens is 1. The molecule has 2 fully saturated rings. The van der Waals surface area contributed by atoms with Gasteiger partial charge in [-0.15, -0.1) is 0 Å². The first-order valence-corrected chi connectivity index (χ1v) is 13.2. The van der Waals surface area contributed by atoms with Crippen molar-refractivity contribution in [2.24, 2.45) is 0 Å². The fourth-order valence-electron chi connectivity index (χ4n) is 5.05. The van der Waals surface area contributed by atoms with Gasteiger partial charge in [-0.05, 0) is 74.9 Å². The molecule has 0 aromatic heterocycles. The molecular formula is C29H39FN2O4. The van der Waals surface area contributed by atoms with Crippen molar-refractivity contribution < 1.29 is 23.4 Å². The molecule has 0 aliphatic carbocycles. The zero-order chi connectivity index (χ0) is 25.2. The van der Waals surface area contributed by atoms with Gasteiger partial charge in [0.25, 0.3) is 0 Å². The first-order valence-electron chi connectivity index (χ1n) is 13.2. The van der Waals surface area contributed by atoms with Crippen molar-refractivity contribution in [3.63, 3.8) is 0 Å². The Kier molecular flexibility index (Phi) is 9.59. The molecule has 2 aliphatic heterocycles. The molecule has 6 nitrogen and oxygen atoms in total. The fraction of sp³-hybridized carbons (Fsp3) is 0.552. The Hall–Kier alpha value is -2.64. The number of hydrogen-bond acceptors (Lipinski definition) is 5. The van der Waals surface area contributed by atoms with Gasteiger partial charge in [-0.1, -0.05) is 24.3 Å². The van der Waals surface area contributed by atoms with Crippen LogP contribution in [0.4, 0.5) is 4.39 Å². The molecule has 0 saturated carbocycles. The Bertz CT molecular complexity index is 970. The van der Waals surface area contributed by atoms with Crippen molar-refractivity contribution in [2.45, 2.75) is 57.1 Å². The molecule has 196 valence electrons. The molecule has 1 atom stereocenters. The number of hydrogen-bond donors (Lipinski definition) is 0. The number of piperidine rings is 1. The van der Waals surface area contributed by atoms with E-state index >= 15 is 0 Å². The number of para-hydroxylation sites is 1. The van der Waals surface area contributed by atoms with E-state index in [0.29, 0.717) is 19.6 Å².